The van der Waals surface area contributed by atoms with Gasteiger partial charge in [-0.15, -0.1) is 23.7 Å². The third kappa shape index (κ3) is 4.69. The summed E-state index contributed by atoms with van der Waals surface area (Å²) in [5.74, 6) is 0.770. The molecule has 1 aliphatic heterocycles. The highest BCUT2D eigenvalue weighted by Gasteiger charge is 2.22. The average molecular weight is 353 g/mol. The first-order chi connectivity index (χ1) is 10.7. The number of nitrogens with one attached hydrogen (secondary N) is 2. The van der Waals surface area contributed by atoms with Crippen molar-refractivity contribution >= 4 is 39.7 Å². The fraction of sp³-hybridized carbons (Fsp3) is 0.500. The number of halogens is 1. The monoisotopic (exact) mass is 352 g/mol. The number of hydrogen-bond acceptors (Lipinski definition) is 3. The van der Waals surface area contributed by atoms with E-state index < -0.39 is 0 Å². The van der Waals surface area contributed by atoms with Crippen LogP contribution in [0.4, 0.5) is 0 Å². The van der Waals surface area contributed by atoms with Crippen molar-refractivity contribution in [1.82, 2.24) is 10.6 Å². The van der Waals surface area contributed by atoms with Gasteiger partial charge in [-0.05, 0) is 54.1 Å². The predicted octanol–water partition coefficient (Wildman–Crippen LogP) is 3.76. The highest BCUT2D eigenvalue weighted by molar-refractivity contribution is 7.17. The van der Waals surface area contributed by atoms with Gasteiger partial charge in [-0.25, -0.2) is 0 Å². The summed E-state index contributed by atoms with van der Waals surface area (Å²) in [6, 6.07) is 8.80. The van der Waals surface area contributed by atoms with Gasteiger partial charge in [0, 0.05) is 23.7 Å². The van der Waals surface area contributed by atoms with Crippen molar-refractivity contribution < 1.29 is 4.79 Å². The van der Waals surface area contributed by atoms with Crippen molar-refractivity contribution in [3.05, 3.63) is 35.2 Å². The van der Waals surface area contributed by atoms with Gasteiger partial charge in [-0.2, -0.15) is 0 Å². The number of hydrogen-bond donors (Lipinski definition) is 2. The maximum Gasteiger partial charge on any atom is 0.220 e. The van der Waals surface area contributed by atoms with Gasteiger partial charge >= 0.3 is 0 Å². The first-order valence-corrected chi connectivity index (χ1v) is 9.07. The first kappa shape index (κ1) is 18.2. The molecule has 0 spiro atoms. The molecule has 3 rings (SSSR count). The number of rotatable bonds is 5. The highest BCUT2D eigenvalue weighted by Crippen LogP contribution is 2.26. The molecule has 0 saturated carbocycles. The summed E-state index contributed by atoms with van der Waals surface area (Å²) in [4.78, 5) is 12.1. The van der Waals surface area contributed by atoms with Crippen LogP contribution in [-0.2, 0) is 11.2 Å². The fourth-order valence-electron chi connectivity index (χ4n) is 3.13. The SMILES string of the molecule is CC1CCNCC1NC(=O)CCCc1csc2ccccc12.Cl. The number of benzene rings is 1. The first-order valence-electron chi connectivity index (χ1n) is 8.19. The second-order valence-electron chi connectivity index (χ2n) is 6.25. The van der Waals surface area contributed by atoms with E-state index in [2.05, 4.69) is 47.2 Å². The summed E-state index contributed by atoms with van der Waals surface area (Å²) in [6.07, 6.45) is 3.66. The van der Waals surface area contributed by atoms with Crippen LogP contribution in [0.25, 0.3) is 10.1 Å². The van der Waals surface area contributed by atoms with E-state index >= 15 is 0 Å². The Morgan fingerprint density at radius 2 is 2.22 bits per heavy atom. The van der Waals surface area contributed by atoms with Crippen LogP contribution in [0.15, 0.2) is 29.6 Å². The highest BCUT2D eigenvalue weighted by atomic mass is 35.5. The molecule has 3 nitrogen and oxygen atoms in total. The molecule has 1 aliphatic rings. The van der Waals surface area contributed by atoms with E-state index in [1.165, 1.54) is 15.6 Å². The number of fused-ring (bicyclic) bond motifs is 1. The Bertz CT molecular complexity index is 643. The second-order valence-corrected chi connectivity index (χ2v) is 7.17. The molecule has 1 fully saturated rings. The lowest BCUT2D eigenvalue weighted by molar-refractivity contribution is -0.122. The van der Waals surface area contributed by atoms with Crippen LogP contribution in [0.3, 0.4) is 0 Å². The van der Waals surface area contributed by atoms with Crippen LogP contribution in [-0.4, -0.2) is 25.0 Å². The van der Waals surface area contributed by atoms with Crippen LogP contribution in [0.2, 0.25) is 0 Å². The lowest BCUT2D eigenvalue weighted by atomic mass is 9.94. The molecule has 2 unspecified atom stereocenters. The lowest BCUT2D eigenvalue weighted by Crippen LogP contribution is -2.50. The minimum absolute atomic E-state index is 0. The van der Waals surface area contributed by atoms with E-state index in [1.807, 2.05) is 0 Å². The molecule has 0 aliphatic carbocycles. The Labute approximate surface area is 148 Å². The predicted molar refractivity (Wildman–Crippen MR) is 101 cm³/mol. The normalized spacial score (nSPS) is 20.9. The van der Waals surface area contributed by atoms with Gasteiger partial charge in [0.1, 0.15) is 0 Å². The smallest absolute Gasteiger partial charge is 0.220 e. The Kier molecular flexibility index (Phi) is 6.88. The van der Waals surface area contributed by atoms with E-state index in [1.54, 1.807) is 11.3 Å². The van der Waals surface area contributed by atoms with E-state index in [9.17, 15) is 4.79 Å². The topological polar surface area (TPSA) is 41.1 Å². The quantitative estimate of drug-likeness (QED) is 0.860. The third-order valence-corrected chi connectivity index (χ3v) is 5.60. The zero-order valence-corrected chi connectivity index (χ0v) is 15.1. The molecule has 2 N–H and O–H groups in total. The molecule has 2 atom stereocenters. The van der Waals surface area contributed by atoms with Crippen molar-refractivity contribution in [2.24, 2.45) is 5.92 Å². The summed E-state index contributed by atoms with van der Waals surface area (Å²) in [5.41, 5.74) is 1.38. The Hall–Kier alpha value is -1.10. The van der Waals surface area contributed by atoms with Crippen LogP contribution in [0.1, 0.15) is 31.7 Å². The Morgan fingerprint density at radius 1 is 1.39 bits per heavy atom. The number of thiophene rings is 1. The largest absolute Gasteiger partial charge is 0.352 e. The second kappa shape index (κ2) is 8.67. The lowest BCUT2D eigenvalue weighted by Gasteiger charge is -2.30. The summed E-state index contributed by atoms with van der Waals surface area (Å²) in [6.45, 7) is 4.20. The molecular formula is C18H25ClN2OS. The molecule has 2 aromatic rings. The molecule has 0 radical (unpaired) electrons. The van der Waals surface area contributed by atoms with Crippen LogP contribution in [0.5, 0.6) is 0 Å². The van der Waals surface area contributed by atoms with Crippen molar-refractivity contribution in [3.8, 4) is 0 Å². The summed E-state index contributed by atoms with van der Waals surface area (Å²) < 4.78 is 1.34. The molecule has 5 heteroatoms. The maximum atomic E-state index is 12.1. The number of carbonyl (C=O) groups excluding carboxylic acids is 1. The minimum atomic E-state index is 0. The van der Waals surface area contributed by atoms with Crippen LogP contribution >= 0.6 is 23.7 Å². The standard InChI is InChI=1S/C18H24N2OS.ClH/c1-13-9-10-19-11-16(13)20-18(21)8-4-5-14-12-22-17-7-3-2-6-15(14)17;/h2-3,6-7,12-13,16,19H,4-5,8-11H2,1H3,(H,20,21);1H. The van der Waals surface area contributed by atoms with Gasteiger partial charge in [0.25, 0.3) is 0 Å². The van der Waals surface area contributed by atoms with E-state index in [4.69, 9.17) is 0 Å². The van der Waals surface area contributed by atoms with Crippen LogP contribution in [0, 0.1) is 5.92 Å². The number of aryl methyl sites for hydroxylation is 1. The van der Waals surface area contributed by atoms with E-state index in [0.717, 1.165) is 32.4 Å². The average Bonchev–Trinajstić information content (AvgIpc) is 2.93. The van der Waals surface area contributed by atoms with Gasteiger partial charge in [-0.1, -0.05) is 25.1 Å². The molecule has 1 aromatic heterocycles. The molecule has 23 heavy (non-hydrogen) atoms. The van der Waals surface area contributed by atoms with Gasteiger partial charge in [0.15, 0.2) is 0 Å². The molecule has 0 bridgehead atoms. The van der Waals surface area contributed by atoms with Gasteiger partial charge in [0.05, 0.1) is 0 Å². The molecule has 1 saturated heterocycles. The number of piperidine rings is 1. The van der Waals surface area contributed by atoms with Gasteiger partial charge in [0.2, 0.25) is 5.91 Å². The van der Waals surface area contributed by atoms with Crippen molar-refractivity contribution in [2.45, 2.75) is 38.6 Å². The number of carbonyl (C=O) groups is 1. The fourth-order valence-corrected chi connectivity index (χ4v) is 4.12. The van der Waals surface area contributed by atoms with Crippen LogP contribution < -0.4 is 10.6 Å². The summed E-state index contributed by atoms with van der Waals surface area (Å²) in [7, 11) is 0. The maximum absolute atomic E-state index is 12.1. The zero-order chi connectivity index (χ0) is 15.4. The van der Waals surface area contributed by atoms with Crippen molar-refractivity contribution in [1.29, 1.82) is 0 Å². The van der Waals surface area contributed by atoms with E-state index in [-0.39, 0.29) is 18.3 Å². The molecule has 126 valence electrons. The Balaban J connectivity index is 0.00000192. The molecular weight excluding hydrogens is 328 g/mol. The van der Waals surface area contributed by atoms with E-state index in [0.29, 0.717) is 18.4 Å². The minimum Gasteiger partial charge on any atom is -0.352 e. The Morgan fingerprint density at radius 3 is 3.04 bits per heavy atom. The molecule has 2 heterocycles. The zero-order valence-electron chi connectivity index (χ0n) is 13.5. The van der Waals surface area contributed by atoms with Crippen molar-refractivity contribution in [3.63, 3.8) is 0 Å². The molecule has 1 aromatic carbocycles. The third-order valence-electron chi connectivity index (χ3n) is 4.59. The van der Waals surface area contributed by atoms with Gasteiger partial charge < -0.3 is 10.6 Å². The number of amides is 1. The van der Waals surface area contributed by atoms with Crippen molar-refractivity contribution in [2.75, 3.05) is 13.1 Å². The summed E-state index contributed by atoms with van der Waals surface area (Å²) >= 11 is 1.79. The van der Waals surface area contributed by atoms with Gasteiger partial charge in [-0.3, -0.25) is 4.79 Å². The molecule has 1 amide bonds. The summed E-state index contributed by atoms with van der Waals surface area (Å²) in [5, 5.41) is 10.1.